The van der Waals surface area contributed by atoms with E-state index in [2.05, 4.69) is 40.1 Å². The van der Waals surface area contributed by atoms with Crippen LogP contribution in [0.3, 0.4) is 0 Å². The zero-order chi connectivity index (χ0) is 14.3. The number of hydrazine groups is 1. The van der Waals surface area contributed by atoms with Crippen LogP contribution in [0.2, 0.25) is 0 Å². The van der Waals surface area contributed by atoms with Crippen molar-refractivity contribution in [2.45, 2.75) is 33.2 Å². The van der Waals surface area contributed by atoms with Crippen molar-refractivity contribution in [3.63, 3.8) is 0 Å². The van der Waals surface area contributed by atoms with Crippen molar-refractivity contribution in [3.05, 3.63) is 33.8 Å². The SMILES string of the molecule is CCCN(CCC)Cc1ccc(C(=O)NN)cc1Br. The Morgan fingerprint density at radius 2 is 1.95 bits per heavy atom. The number of rotatable bonds is 7. The summed E-state index contributed by atoms with van der Waals surface area (Å²) >= 11 is 3.53. The second-order valence-electron chi connectivity index (χ2n) is 4.56. The van der Waals surface area contributed by atoms with E-state index in [-0.39, 0.29) is 5.91 Å². The number of nitrogens with one attached hydrogen (secondary N) is 1. The molecule has 1 aromatic rings. The highest BCUT2D eigenvalue weighted by atomic mass is 79.9. The first-order valence-corrected chi connectivity index (χ1v) is 7.43. The molecule has 0 aliphatic rings. The van der Waals surface area contributed by atoms with Crippen molar-refractivity contribution in [1.82, 2.24) is 10.3 Å². The van der Waals surface area contributed by atoms with Crippen LogP contribution in [-0.4, -0.2) is 23.9 Å². The summed E-state index contributed by atoms with van der Waals surface area (Å²) < 4.78 is 0.950. The molecule has 1 aromatic carbocycles. The van der Waals surface area contributed by atoms with Crippen LogP contribution in [0.4, 0.5) is 0 Å². The number of nitrogens with two attached hydrogens (primary N) is 1. The monoisotopic (exact) mass is 327 g/mol. The van der Waals surface area contributed by atoms with E-state index in [1.165, 1.54) is 5.56 Å². The van der Waals surface area contributed by atoms with Crippen molar-refractivity contribution < 1.29 is 4.79 Å². The Morgan fingerprint density at radius 3 is 2.42 bits per heavy atom. The predicted molar refractivity (Wildman–Crippen MR) is 81.7 cm³/mol. The molecule has 0 aliphatic carbocycles. The van der Waals surface area contributed by atoms with Crippen molar-refractivity contribution in [3.8, 4) is 0 Å². The van der Waals surface area contributed by atoms with E-state index in [4.69, 9.17) is 5.84 Å². The molecule has 0 saturated carbocycles. The third-order valence-corrected chi connectivity index (χ3v) is 3.66. The van der Waals surface area contributed by atoms with Gasteiger partial charge in [0.25, 0.3) is 5.91 Å². The summed E-state index contributed by atoms with van der Waals surface area (Å²) in [7, 11) is 0. The number of benzene rings is 1. The van der Waals surface area contributed by atoms with Gasteiger partial charge in [0.2, 0.25) is 0 Å². The lowest BCUT2D eigenvalue weighted by molar-refractivity contribution is 0.0953. The lowest BCUT2D eigenvalue weighted by atomic mass is 10.1. The second-order valence-corrected chi connectivity index (χ2v) is 5.41. The minimum Gasteiger partial charge on any atom is -0.299 e. The summed E-state index contributed by atoms with van der Waals surface area (Å²) in [6, 6.07) is 5.60. The van der Waals surface area contributed by atoms with Crippen molar-refractivity contribution in [1.29, 1.82) is 0 Å². The molecule has 0 spiro atoms. The molecule has 3 N–H and O–H groups in total. The van der Waals surface area contributed by atoms with Gasteiger partial charge < -0.3 is 0 Å². The maximum Gasteiger partial charge on any atom is 0.265 e. The van der Waals surface area contributed by atoms with E-state index in [1.807, 2.05) is 12.1 Å². The molecule has 0 aliphatic heterocycles. The minimum atomic E-state index is -0.272. The first kappa shape index (κ1) is 16.1. The number of carbonyl (C=O) groups excluding carboxylic acids is 1. The molecule has 0 atom stereocenters. The molecule has 4 nitrogen and oxygen atoms in total. The molecule has 0 bridgehead atoms. The molecule has 0 saturated heterocycles. The highest BCUT2D eigenvalue weighted by Gasteiger charge is 2.10. The largest absolute Gasteiger partial charge is 0.299 e. The molecule has 1 amide bonds. The lowest BCUT2D eigenvalue weighted by Gasteiger charge is -2.21. The highest BCUT2D eigenvalue weighted by molar-refractivity contribution is 9.10. The third-order valence-electron chi connectivity index (χ3n) is 2.92. The van der Waals surface area contributed by atoms with E-state index in [1.54, 1.807) is 6.07 Å². The van der Waals surface area contributed by atoms with Gasteiger partial charge in [-0.05, 0) is 43.6 Å². The summed E-state index contributed by atoms with van der Waals surface area (Å²) in [4.78, 5) is 13.9. The second kappa shape index (κ2) is 8.30. The van der Waals surface area contributed by atoms with E-state index < -0.39 is 0 Å². The Hall–Kier alpha value is -0.910. The molecular weight excluding hydrogens is 306 g/mol. The van der Waals surface area contributed by atoms with Crippen LogP contribution in [-0.2, 0) is 6.54 Å². The highest BCUT2D eigenvalue weighted by Crippen LogP contribution is 2.20. The first-order valence-electron chi connectivity index (χ1n) is 6.64. The lowest BCUT2D eigenvalue weighted by Crippen LogP contribution is -2.30. The average molecular weight is 328 g/mol. The normalized spacial score (nSPS) is 10.8. The first-order chi connectivity index (χ1) is 9.12. The summed E-state index contributed by atoms with van der Waals surface area (Å²) in [5, 5.41) is 0. The van der Waals surface area contributed by atoms with Gasteiger partial charge >= 0.3 is 0 Å². The van der Waals surface area contributed by atoms with Crippen molar-refractivity contribution in [2.75, 3.05) is 13.1 Å². The van der Waals surface area contributed by atoms with Gasteiger partial charge in [-0.3, -0.25) is 15.1 Å². The topological polar surface area (TPSA) is 58.4 Å². The van der Waals surface area contributed by atoms with E-state index >= 15 is 0 Å². The van der Waals surface area contributed by atoms with Crippen LogP contribution in [0.5, 0.6) is 0 Å². The summed E-state index contributed by atoms with van der Waals surface area (Å²) in [6.45, 7) is 7.45. The number of halogens is 1. The Bertz CT molecular complexity index is 417. The zero-order valence-corrected chi connectivity index (χ0v) is 13.2. The Morgan fingerprint density at radius 1 is 1.32 bits per heavy atom. The van der Waals surface area contributed by atoms with Gasteiger partial charge in [0, 0.05) is 16.6 Å². The molecular formula is C14H22BrN3O. The van der Waals surface area contributed by atoms with Crippen LogP contribution in [0.1, 0.15) is 42.6 Å². The van der Waals surface area contributed by atoms with Gasteiger partial charge in [0.1, 0.15) is 0 Å². The fourth-order valence-electron chi connectivity index (χ4n) is 2.04. The van der Waals surface area contributed by atoms with E-state index in [9.17, 15) is 4.79 Å². The number of amides is 1. The summed E-state index contributed by atoms with van der Waals surface area (Å²) in [6.07, 6.45) is 2.29. The fourth-order valence-corrected chi connectivity index (χ4v) is 2.55. The molecule has 0 unspecified atom stereocenters. The quantitative estimate of drug-likeness (QED) is 0.460. The Labute approximate surface area is 123 Å². The van der Waals surface area contributed by atoms with Crippen LogP contribution in [0, 0.1) is 0 Å². The van der Waals surface area contributed by atoms with E-state index in [0.29, 0.717) is 5.56 Å². The standard InChI is InChI=1S/C14H22BrN3O/c1-3-7-18(8-4-2)10-12-6-5-11(9-13(12)15)14(19)17-16/h5-6,9H,3-4,7-8,10,16H2,1-2H3,(H,17,19). The van der Waals surface area contributed by atoms with Crippen LogP contribution in [0.15, 0.2) is 22.7 Å². The average Bonchev–Trinajstić information content (AvgIpc) is 2.40. The van der Waals surface area contributed by atoms with E-state index in [0.717, 1.165) is 36.9 Å². The van der Waals surface area contributed by atoms with Gasteiger partial charge in [-0.25, -0.2) is 5.84 Å². The molecule has 106 valence electrons. The van der Waals surface area contributed by atoms with Crippen LogP contribution < -0.4 is 11.3 Å². The summed E-state index contributed by atoms with van der Waals surface area (Å²) in [5.74, 6) is 4.86. The molecule has 0 heterocycles. The molecule has 5 heteroatoms. The Kier molecular flexibility index (Phi) is 7.05. The third kappa shape index (κ3) is 4.93. The van der Waals surface area contributed by atoms with Crippen LogP contribution >= 0.6 is 15.9 Å². The number of hydrogen-bond acceptors (Lipinski definition) is 3. The molecule has 1 rings (SSSR count). The number of nitrogen functional groups attached to an aromatic ring is 1. The van der Waals surface area contributed by atoms with Gasteiger partial charge in [0.15, 0.2) is 0 Å². The maximum absolute atomic E-state index is 11.4. The minimum absolute atomic E-state index is 0.272. The molecule has 0 radical (unpaired) electrons. The fraction of sp³-hybridized carbons (Fsp3) is 0.500. The summed E-state index contributed by atoms with van der Waals surface area (Å²) in [5.41, 5.74) is 3.89. The van der Waals surface area contributed by atoms with Gasteiger partial charge in [-0.15, -0.1) is 0 Å². The number of nitrogens with zero attached hydrogens (tertiary/aromatic N) is 1. The van der Waals surface area contributed by atoms with Gasteiger partial charge in [-0.2, -0.15) is 0 Å². The van der Waals surface area contributed by atoms with Crippen LogP contribution in [0.25, 0.3) is 0 Å². The molecule has 0 aromatic heterocycles. The molecule has 19 heavy (non-hydrogen) atoms. The number of hydrogen-bond donors (Lipinski definition) is 2. The Balaban J connectivity index is 2.80. The number of carbonyl (C=O) groups is 1. The van der Waals surface area contributed by atoms with Gasteiger partial charge in [-0.1, -0.05) is 35.8 Å². The predicted octanol–water partition coefficient (Wildman–Crippen LogP) is 2.67. The maximum atomic E-state index is 11.4. The zero-order valence-electron chi connectivity index (χ0n) is 11.6. The smallest absolute Gasteiger partial charge is 0.265 e. The van der Waals surface area contributed by atoms with Crippen molar-refractivity contribution >= 4 is 21.8 Å². The van der Waals surface area contributed by atoms with Gasteiger partial charge in [0.05, 0.1) is 0 Å². The van der Waals surface area contributed by atoms with Crippen molar-refractivity contribution in [2.24, 2.45) is 5.84 Å². The molecule has 0 fully saturated rings.